The minimum Gasteiger partial charge on any atom is -0.316 e. The van der Waals surface area contributed by atoms with E-state index in [1.807, 2.05) is 12.1 Å². The van der Waals surface area contributed by atoms with Crippen LogP contribution in [0.2, 0.25) is 5.02 Å². The minimum atomic E-state index is 0.388. The number of nitrogens with one attached hydrogen (secondary N) is 1. The maximum atomic E-state index is 5.99. The summed E-state index contributed by atoms with van der Waals surface area (Å²) in [6, 6.07) is 8.38. The Morgan fingerprint density at radius 2 is 1.75 bits per heavy atom. The summed E-state index contributed by atoms with van der Waals surface area (Å²) >= 11 is 5.99. The fourth-order valence-corrected chi connectivity index (χ4v) is 2.91. The molecule has 0 saturated carbocycles. The van der Waals surface area contributed by atoms with Crippen LogP contribution in [-0.4, -0.2) is 13.1 Å². The molecule has 1 unspecified atom stereocenters. The standard InChI is InChI=1S/C18H30ClN/c1-4-7-12-18(6-3,15-20-13-5-2)14-16-8-10-17(19)11-9-16/h8-11,20H,4-7,12-15H2,1-3H3. The van der Waals surface area contributed by atoms with E-state index in [-0.39, 0.29) is 0 Å². The normalized spacial score (nSPS) is 14.2. The molecule has 1 N–H and O–H groups in total. The van der Waals surface area contributed by atoms with Gasteiger partial charge in [0, 0.05) is 11.6 Å². The van der Waals surface area contributed by atoms with Crippen LogP contribution in [0.25, 0.3) is 0 Å². The van der Waals surface area contributed by atoms with Crippen molar-refractivity contribution < 1.29 is 0 Å². The second-order valence-corrected chi connectivity index (χ2v) is 6.37. The summed E-state index contributed by atoms with van der Waals surface area (Å²) in [6.45, 7) is 9.09. The maximum Gasteiger partial charge on any atom is 0.0406 e. The van der Waals surface area contributed by atoms with E-state index in [1.54, 1.807) is 0 Å². The topological polar surface area (TPSA) is 12.0 Å². The highest BCUT2D eigenvalue weighted by Crippen LogP contribution is 2.33. The van der Waals surface area contributed by atoms with Gasteiger partial charge in [-0.25, -0.2) is 0 Å². The zero-order chi connectivity index (χ0) is 14.8. The molecule has 1 rings (SSSR count). The Hall–Kier alpha value is -0.530. The van der Waals surface area contributed by atoms with Crippen molar-refractivity contribution in [2.24, 2.45) is 5.41 Å². The van der Waals surface area contributed by atoms with Gasteiger partial charge >= 0.3 is 0 Å². The molecule has 1 atom stereocenters. The highest BCUT2D eigenvalue weighted by Gasteiger charge is 2.27. The molecule has 1 aromatic carbocycles. The summed E-state index contributed by atoms with van der Waals surface area (Å²) in [6.07, 6.45) is 7.48. The van der Waals surface area contributed by atoms with Gasteiger partial charge in [0.05, 0.1) is 0 Å². The van der Waals surface area contributed by atoms with E-state index in [2.05, 4.69) is 38.2 Å². The average molecular weight is 296 g/mol. The van der Waals surface area contributed by atoms with Crippen molar-refractivity contribution in [1.82, 2.24) is 5.32 Å². The Labute approximate surface area is 130 Å². The predicted molar refractivity (Wildman–Crippen MR) is 90.6 cm³/mol. The van der Waals surface area contributed by atoms with Crippen molar-refractivity contribution in [2.45, 2.75) is 59.3 Å². The summed E-state index contributed by atoms with van der Waals surface area (Å²) in [5, 5.41) is 4.47. The lowest BCUT2D eigenvalue weighted by Gasteiger charge is -2.34. The molecular weight excluding hydrogens is 266 g/mol. The molecule has 1 nitrogen and oxygen atoms in total. The second-order valence-electron chi connectivity index (χ2n) is 5.94. The van der Waals surface area contributed by atoms with Crippen molar-refractivity contribution in [3.8, 4) is 0 Å². The van der Waals surface area contributed by atoms with Gasteiger partial charge in [-0.1, -0.05) is 57.3 Å². The largest absolute Gasteiger partial charge is 0.316 e. The average Bonchev–Trinajstić information content (AvgIpc) is 2.47. The van der Waals surface area contributed by atoms with Crippen LogP contribution in [0, 0.1) is 5.41 Å². The van der Waals surface area contributed by atoms with E-state index < -0.39 is 0 Å². The Kier molecular flexibility index (Phi) is 8.25. The van der Waals surface area contributed by atoms with Crippen LogP contribution in [0.3, 0.4) is 0 Å². The Morgan fingerprint density at radius 1 is 1.05 bits per heavy atom. The first-order valence-electron chi connectivity index (χ1n) is 8.11. The third-order valence-electron chi connectivity index (χ3n) is 4.23. The fraction of sp³-hybridized carbons (Fsp3) is 0.667. The number of hydrogen-bond donors (Lipinski definition) is 1. The van der Waals surface area contributed by atoms with Gasteiger partial charge in [0.2, 0.25) is 0 Å². The van der Waals surface area contributed by atoms with Gasteiger partial charge in [0.15, 0.2) is 0 Å². The van der Waals surface area contributed by atoms with E-state index in [1.165, 1.54) is 37.7 Å². The van der Waals surface area contributed by atoms with Crippen molar-refractivity contribution >= 4 is 11.6 Å². The Bertz CT molecular complexity index is 360. The molecule has 0 fully saturated rings. The van der Waals surface area contributed by atoms with Gasteiger partial charge in [0.25, 0.3) is 0 Å². The van der Waals surface area contributed by atoms with Crippen LogP contribution in [0.1, 0.15) is 58.4 Å². The minimum absolute atomic E-state index is 0.388. The summed E-state index contributed by atoms with van der Waals surface area (Å²) in [4.78, 5) is 0. The van der Waals surface area contributed by atoms with E-state index in [9.17, 15) is 0 Å². The van der Waals surface area contributed by atoms with Gasteiger partial charge in [-0.05, 0) is 55.3 Å². The predicted octanol–water partition coefficient (Wildman–Crippen LogP) is 5.47. The van der Waals surface area contributed by atoms with Gasteiger partial charge in [0.1, 0.15) is 0 Å². The Balaban J connectivity index is 2.75. The number of benzene rings is 1. The van der Waals surface area contributed by atoms with Crippen LogP contribution in [-0.2, 0) is 6.42 Å². The van der Waals surface area contributed by atoms with Gasteiger partial charge in [-0.15, -0.1) is 0 Å². The van der Waals surface area contributed by atoms with Crippen molar-refractivity contribution in [3.63, 3.8) is 0 Å². The first kappa shape index (κ1) is 17.5. The van der Waals surface area contributed by atoms with E-state index in [4.69, 9.17) is 11.6 Å². The van der Waals surface area contributed by atoms with Crippen LogP contribution >= 0.6 is 11.6 Å². The van der Waals surface area contributed by atoms with Crippen LogP contribution in [0.15, 0.2) is 24.3 Å². The summed E-state index contributed by atoms with van der Waals surface area (Å²) in [7, 11) is 0. The van der Waals surface area contributed by atoms with Gasteiger partial charge in [-0.3, -0.25) is 0 Å². The monoisotopic (exact) mass is 295 g/mol. The maximum absolute atomic E-state index is 5.99. The molecule has 0 bridgehead atoms. The third kappa shape index (κ3) is 5.85. The molecule has 0 aliphatic heterocycles. The lowest BCUT2D eigenvalue weighted by Crippen LogP contribution is -2.36. The summed E-state index contributed by atoms with van der Waals surface area (Å²) in [5.41, 5.74) is 1.80. The molecule has 20 heavy (non-hydrogen) atoms. The lowest BCUT2D eigenvalue weighted by molar-refractivity contribution is 0.229. The van der Waals surface area contributed by atoms with Crippen LogP contribution in [0.5, 0.6) is 0 Å². The SMILES string of the molecule is CCCCC(CC)(CNCCC)Cc1ccc(Cl)cc1. The van der Waals surface area contributed by atoms with Crippen molar-refractivity contribution in [1.29, 1.82) is 0 Å². The zero-order valence-corrected chi connectivity index (χ0v) is 14.1. The first-order chi connectivity index (χ1) is 9.65. The molecular formula is C18H30ClN. The van der Waals surface area contributed by atoms with Gasteiger partial charge < -0.3 is 5.32 Å². The Morgan fingerprint density at radius 3 is 2.30 bits per heavy atom. The molecule has 0 saturated heterocycles. The third-order valence-corrected chi connectivity index (χ3v) is 4.48. The number of halogens is 1. The van der Waals surface area contributed by atoms with E-state index in [0.29, 0.717) is 5.41 Å². The number of hydrogen-bond acceptors (Lipinski definition) is 1. The fourth-order valence-electron chi connectivity index (χ4n) is 2.78. The van der Waals surface area contributed by atoms with Gasteiger partial charge in [-0.2, -0.15) is 0 Å². The number of unbranched alkanes of at least 4 members (excludes halogenated alkanes) is 1. The zero-order valence-electron chi connectivity index (χ0n) is 13.3. The molecule has 114 valence electrons. The van der Waals surface area contributed by atoms with E-state index >= 15 is 0 Å². The smallest absolute Gasteiger partial charge is 0.0406 e. The van der Waals surface area contributed by atoms with Crippen molar-refractivity contribution in [2.75, 3.05) is 13.1 Å². The molecule has 0 aromatic heterocycles. The molecule has 0 spiro atoms. The molecule has 0 heterocycles. The van der Waals surface area contributed by atoms with Crippen LogP contribution in [0.4, 0.5) is 0 Å². The molecule has 2 heteroatoms. The van der Waals surface area contributed by atoms with E-state index in [0.717, 1.165) is 24.5 Å². The van der Waals surface area contributed by atoms with Crippen LogP contribution < -0.4 is 5.32 Å². The molecule has 0 radical (unpaired) electrons. The lowest BCUT2D eigenvalue weighted by atomic mass is 9.75. The molecule has 0 amide bonds. The second kappa shape index (κ2) is 9.41. The number of rotatable bonds is 10. The highest BCUT2D eigenvalue weighted by atomic mass is 35.5. The van der Waals surface area contributed by atoms with Crippen molar-refractivity contribution in [3.05, 3.63) is 34.9 Å². The highest BCUT2D eigenvalue weighted by molar-refractivity contribution is 6.30. The first-order valence-corrected chi connectivity index (χ1v) is 8.48. The molecule has 1 aromatic rings. The summed E-state index contributed by atoms with van der Waals surface area (Å²) < 4.78 is 0. The molecule has 0 aliphatic rings. The summed E-state index contributed by atoms with van der Waals surface area (Å²) in [5.74, 6) is 0. The quantitative estimate of drug-likeness (QED) is 0.564. The molecule has 0 aliphatic carbocycles.